The predicted molar refractivity (Wildman–Crippen MR) is 72.6 cm³/mol. The zero-order chi connectivity index (χ0) is 14.5. The molecule has 106 valence electrons. The molecule has 1 aromatic rings. The van der Waals surface area contributed by atoms with Gasteiger partial charge in [-0.3, -0.25) is 4.79 Å². The zero-order valence-corrected chi connectivity index (χ0v) is 12.1. The Balaban J connectivity index is 2.97. The van der Waals surface area contributed by atoms with E-state index < -0.39 is 5.54 Å². The van der Waals surface area contributed by atoms with E-state index in [0.29, 0.717) is 11.5 Å². The van der Waals surface area contributed by atoms with Crippen molar-refractivity contribution in [2.75, 3.05) is 27.9 Å². The normalized spacial score (nSPS) is 11.0. The first kappa shape index (κ1) is 15.3. The molecule has 1 rings (SSSR count). The van der Waals surface area contributed by atoms with Crippen LogP contribution in [-0.4, -0.2) is 33.8 Å². The molecule has 5 nitrogen and oxygen atoms in total. The van der Waals surface area contributed by atoms with E-state index in [9.17, 15) is 4.79 Å². The monoisotopic (exact) mass is 267 g/mol. The van der Waals surface area contributed by atoms with Gasteiger partial charge in [0.25, 0.3) is 0 Å². The molecule has 0 aromatic heterocycles. The van der Waals surface area contributed by atoms with Crippen LogP contribution < -0.4 is 14.8 Å². The molecular weight excluding hydrogens is 246 g/mol. The van der Waals surface area contributed by atoms with E-state index in [1.54, 1.807) is 14.2 Å². The molecule has 0 heterocycles. The lowest BCUT2D eigenvalue weighted by molar-refractivity contribution is -0.126. The van der Waals surface area contributed by atoms with Gasteiger partial charge in [0, 0.05) is 7.11 Å². The second-order valence-corrected chi connectivity index (χ2v) is 4.68. The summed E-state index contributed by atoms with van der Waals surface area (Å²) < 4.78 is 15.3. The van der Waals surface area contributed by atoms with Crippen LogP contribution in [0.4, 0.5) is 0 Å². The van der Waals surface area contributed by atoms with Gasteiger partial charge in [0.2, 0.25) is 5.91 Å². The lowest BCUT2D eigenvalue weighted by Crippen LogP contribution is -2.42. The van der Waals surface area contributed by atoms with Gasteiger partial charge in [-0.05, 0) is 31.5 Å². The molecule has 0 saturated heterocycles. The maximum atomic E-state index is 11.6. The standard InChI is InChI=1S/C14H21NO4/c1-14(2,15-13(16)9-17-3)10-6-7-11(18-4)12(8-10)19-5/h6-8H,9H2,1-5H3,(H,15,16). The number of amides is 1. The summed E-state index contributed by atoms with van der Waals surface area (Å²) >= 11 is 0. The lowest BCUT2D eigenvalue weighted by atomic mass is 9.94. The van der Waals surface area contributed by atoms with Gasteiger partial charge in [-0.2, -0.15) is 0 Å². The third-order valence-electron chi connectivity index (χ3n) is 2.83. The van der Waals surface area contributed by atoms with Crippen LogP contribution in [0.15, 0.2) is 18.2 Å². The number of methoxy groups -OCH3 is 3. The third kappa shape index (κ3) is 3.86. The number of carbonyl (C=O) groups excluding carboxylic acids is 1. The maximum Gasteiger partial charge on any atom is 0.246 e. The van der Waals surface area contributed by atoms with E-state index in [4.69, 9.17) is 14.2 Å². The largest absolute Gasteiger partial charge is 0.493 e. The fraction of sp³-hybridized carbons (Fsp3) is 0.500. The summed E-state index contributed by atoms with van der Waals surface area (Å²) in [6, 6.07) is 5.57. The van der Waals surface area contributed by atoms with Gasteiger partial charge < -0.3 is 19.5 Å². The summed E-state index contributed by atoms with van der Waals surface area (Å²) in [7, 11) is 4.66. The van der Waals surface area contributed by atoms with Crippen LogP contribution in [0.25, 0.3) is 0 Å². The van der Waals surface area contributed by atoms with Crippen molar-refractivity contribution >= 4 is 5.91 Å². The Morgan fingerprint density at radius 1 is 1.16 bits per heavy atom. The van der Waals surface area contributed by atoms with Gasteiger partial charge >= 0.3 is 0 Å². The summed E-state index contributed by atoms with van der Waals surface area (Å²) in [5.41, 5.74) is 0.407. The lowest BCUT2D eigenvalue weighted by Gasteiger charge is -2.27. The van der Waals surface area contributed by atoms with Gasteiger partial charge in [-0.15, -0.1) is 0 Å². The molecule has 0 saturated carbocycles. The number of carbonyl (C=O) groups is 1. The molecular formula is C14H21NO4. The molecule has 0 fully saturated rings. The minimum atomic E-state index is -0.519. The van der Waals surface area contributed by atoms with Crippen molar-refractivity contribution in [2.24, 2.45) is 0 Å². The van der Waals surface area contributed by atoms with E-state index in [2.05, 4.69) is 5.32 Å². The number of nitrogens with one attached hydrogen (secondary N) is 1. The number of ether oxygens (including phenoxy) is 3. The maximum absolute atomic E-state index is 11.6. The summed E-state index contributed by atoms with van der Waals surface area (Å²) in [5, 5.41) is 2.90. The third-order valence-corrected chi connectivity index (χ3v) is 2.83. The average Bonchev–Trinajstić information content (AvgIpc) is 2.37. The first-order valence-corrected chi connectivity index (χ1v) is 5.97. The van der Waals surface area contributed by atoms with Crippen LogP contribution in [-0.2, 0) is 15.1 Å². The summed E-state index contributed by atoms with van der Waals surface area (Å²) in [4.78, 5) is 11.6. The second kappa shape index (κ2) is 6.43. The highest BCUT2D eigenvalue weighted by Crippen LogP contribution is 2.31. The van der Waals surface area contributed by atoms with Crippen LogP contribution in [0, 0.1) is 0 Å². The Bertz CT molecular complexity index is 443. The van der Waals surface area contributed by atoms with E-state index in [1.807, 2.05) is 32.0 Å². The molecule has 0 spiro atoms. The van der Waals surface area contributed by atoms with Gasteiger partial charge in [-0.1, -0.05) is 6.07 Å². The van der Waals surface area contributed by atoms with Crippen molar-refractivity contribution in [3.8, 4) is 11.5 Å². The van der Waals surface area contributed by atoms with Crippen LogP contribution in [0.1, 0.15) is 19.4 Å². The van der Waals surface area contributed by atoms with Gasteiger partial charge in [0.15, 0.2) is 11.5 Å². The van der Waals surface area contributed by atoms with Crippen molar-refractivity contribution in [1.29, 1.82) is 0 Å². The minimum Gasteiger partial charge on any atom is -0.493 e. The molecule has 1 N–H and O–H groups in total. The zero-order valence-electron chi connectivity index (χ0n) is 12.1. The van der Waals surface area contributed by atoms with Crippen LogP contribution in [0.2, 0.25) is 0 Å². The Kier molecular flexibility index (Phi) is 5.18. The van der Waals surface area contributed by atoms with Crippen LogP contribution in [0.5, 0.6) is 11.5 Å². The number of benzene rings is 1. The Morgan fingerprint density at radius 2 is 1.79 bits per heavy atom. The molecule has 0 atom stereocenters. The van der Waals surface area contributed by atoms with Crippen molar-refractivity contribution in [2.45, 2.75) is 19.4 Å². The Hall–Kier alpha value is -1.75. The van der Waals surface area contributed by atoms with Crippen molar-refractivity contribution in [3.05, 3.63) is 23.8 Å². The average molecular weight is 267 g/mol. The summed E-state index contributed by atoms with van der Waals surface area (Å²) in [6.07, 6.45) is 0. The number of hydrogen-bond acceptors (Lipinski definition) is 4. The molecule has 19 heavy (non-hydrogen) atoms. The SMILES string of the molecule is COCC(=O)NC(C)(C)c1ccc(OC)c(OC)c1. The van der Waals surface area contributed by atoms with Gasteiger partial charge in [-0.25, -0.2) is 0 Å². The molecule has 0 unspecified atom stereocenters. The molecule has 1 amide bonds. The van der Waals surface area contributed by atoms with Gasteiger partial charge in [0.05, 0.1) is 19.8 Å². The van der Waals surface area contributed by atoms with Crippen LogP contribution >= 0.6 is 0 Å². The molecule has 0 aliphatic rings. The topological polar surface area (TPSA) is 56.8 Å². The molecule has 1 aromatic carbocycles. The Labute approximate surface area is 113 Å². The fourth-order valence-corrected chi connectivity index (χ4v) is 1.81. The smallest absolute Gasteiger partial charge is 0.246 e. The van der Waals surface area contributed by atoms with Crippen LogP contribution in [0.3, 0.4) is 0 Å². The molecule has 0 radical (unpaired) electrons. The Morgan fingerprint density at radius 3 is 2.32 bits per heavy atom. The quantitative estimate of drug-likeness (QED) is 0.852. The van der Waals surface area contributed by atoms with E-state index in [1.165, 1.54) is 7.11 Å². The second-order valence-electron chi connectivity index (χ2n) is 4.68. The van der Waals surface area contributed by atoms with Crippen molar-refractivity contribution in [3.63, 3.8) is 0 Å². The predicted octanol–water partition coefficient (Wildman–Crippen LogP) is 1.70. The highest BCUT2D eigenvalue weighted by atomic mass is 16.5. The van der Waals surface area contributed by atoms with E-state index in [-0.39, 0.29) is 12.5 Å². The van der Waals surface area contributed by atoms with Gasteiger partial charge in [0.1, 0.15) is 6.61 Å². The molecule has 0 aliphatic carbocycles. The fourth-order valence-electron chi connectivity index (χ4n) is 1.81. The first-order chi connectivity index (χ1) is 8.94. The molecule has 0 bridgehead atoms. The first-order valence-electron chi connectivity index (χ1n) is 5.97. The number of hydrogen-bond donors (Lipinski definition) is 1. The number of rotatable bonds is 6. The minimum absolute atomic E-state index is 0.0384. The highest BCUT2D eigenvalue weighted by Gasteiger charge is 2.24. The molecule has 5 heteroatoms. The van der Waals surface area contributed by atoms with Crippen molar-refractivity contribution in [1.82, 2.24) is 5.32 Å². The summed E-state index contributed by atoms with van der Waals surface area (Å²) in [6.45, 7) is 3.88. The van der Waals surface area contributed by atoms with E-state index >= 15 is 0 Å². The van der Waals surface area contributed by atoms with E-state index in [0.717, 1.165) is 5.56 Å². The molecule has 0 aliphatic heterocycles. The van der Waals surface area contributed by atoms with Crippen molar-refractivity contribution < 1.29 is 19.0 Å². The summed E-state index contributed by atoms with van der Waals surface area (Å²) in [5.74, 6) is 1.13. The highest BCUT2D eigenvalue weighted by molar-refractivity contribution is 5.78.